The van der Waals surface area contributed by atoms with Crippen molar-refractivity contribution < 1.29 is 0 Å². The van der Waals surface area contributed by atoms with E-state index in [1.165, 1.54) is 37.9 Å². The molecule has 2 aliphatic rings. The zero-order valence-electron chi connectivity index (χ0n) is 13.0. The molecule has 3 rings (SSSR count). The van der Waals surface area contributed by atoms with E-state index in [1.54, 1.807) is 0 Å². The summed E-state index contributed by atoms with van der Waals surface area (Å²) in [6, 6.07) is 9.55. The first-order valence-electron chi connectivity index (χ1n) is 8.49. The van der Waals surface area contributed by atoms with Gasteiger partial charge in [0, 0.05) is 30.2 Å². The van der Waals surface area contributed by atoms with Crippen LogP contribution >= 0.6 is 11.6 Å². The van der Waals surface area contributed by atoms with Gasteiger partial charge in [-0.3, -0.25) is 0 Å². The molecular weight excluding hydrogens is 280 g/mol. The molecule has 0 radical (unpaired) electrons. The molecule has 1 aromatic rings. The Labute approximate surface area is 133 Å². The standard InChI is InChI=1S/C18H27ClN2/c1-2-10-20-18(16-5-3-4-6-17(16)19)9-11-21-13-14-7-8-15(21)12-14/h3-6,14-15,18,20H,2,7-13H2,1H3. The van der Waals surface area contributed by atoms with E-state index in [2.05, 4.69) is 29.3 Å². The highest BCUT2D eigenvalue weighted by Gasteiger charge is 2.37. The lowest BCUT2D eigenvalue weighted by Crippen LogP contribution is -2.35. The Hall–Kier alpha value is -0.570. The summed E-state index contributed by atoms with van der Waals surface area (Å²) in [5, 5.41) is 4.58. The number of nitrogens with zero attached hydrogens (tertiary/aromatic N) is 1. The number of benzene rings is 1. The van der Waals surface area contributed by atoms with Crippen LogP contribution in [0.3, 0.4) is 0 Å². The van der Waals surface area contributed by atoms with Gasteiger partial charge < -0.3 is 10.2 Å². The minimum atomic E-state index is 0.387. The van der Waals surface area contributed by atoms with Gasteiger partial charge in [-0.25, -0.2) is 0 Å². The molecule has 3 heteroatoms. The zero-order valence-corrected chi connectivity index (χ0v) is 13.8. The Balaban J connectivity index is 1.61. The van der Waals surface area contributed by atoms with Crippen molar-refractivity contribution in [2.75, 3.05) is 19.6 Å². The molecule has 0 amide bonds. The fourth-order valence-electron chi connectivity index (χ4n) is 4.04. The van der Waals surface area contributed by atoms with Crippen LogP contribution in [0, 0.1) is 5.92 Å². The van der Waals surface area contributed by atoms with Gasteiger partial charge >= 0.3 is 0 Å². The predicted octanol–water partition coefficient (Wildman–Crippen LogP) is 4.26. The van der Waals surface area contributed by atoms with Crippen molar-refractivity contribution in [1.29, 1.82) is 0 Å². The first-order chi connectivity index (χ1) is 10.3. The molecule has 0 spiro atoms. The van der Waals surface area contributed by atoms with E-state index in [1.807, 2.05) is 12.1 Å². The minimum Gasteiger partial charge on any atom is -0.310 e. The van der Waals surface area contributed by atoms with E-state index in [0.717, 1.165) is 36.4 Å². The largest absolute Gasteiger partial charge is 0.310 e. The molecule has 2 nitrogen and oxygen atoms in total. The van der Waals surface area contributed by atoms with E-state index in [9.17, 15) is 0 Å². The van der Waals surface area contributed by atoms with Crippen LogP contribution in [0.4, 0.5) is 0 Å². The highest BCUT2D eigenvalue weighted by molar-refractivity contribution is 6.31. The fourth-order valence-corrected chi connectivity index (χ4v) is 4.31. The normalized spacial score (nSPS) is 26.4. The first kappa shape index (κ1) is 15.3. The van der Waals surface area contributed by atoms with Crippen molar-refractivity contribution in [3.05, 3.63) is 34.9 Å². The summed E-state index contributed by atoms with van der Waals surface area (Å²) < 4.78 is 0. The van der Waals surface area contributed by atoms with E-state index in [0.29, 0.717) is 6.04 Å². The van der Waals surface area contributed by atoms with Crippen LogP contribution in [0.15, 0.2) is 24.3 Å². The van der Waals surface area contributed by atoms with Gasteiger partial charge in [0.05, 0.1) is 0 Å². The lowest BCUT2D eigenvalue weighted by Gasteiger charge is -2.29. The molecule has 1 aliphatic carbocycles. The van der Waals surface area contributed by atoms with Crippen LogP contribution in [-0.2, 0) is 0 Å². The molecule has 2 bridgehead atoms. The molecule has 3 atom stereocenters. The highest BCUT2D eigenvalue weighted by Crippen LogP contribution is 2.38. The summed E-state index contributed by atoms with van der Waals surface area (Å²) in [6.45, 7) is 5.81. The van der Waals surface area contributed by atoms with Gasteiger partial charge in [-0.1, -0.05) is 36.7 Å². The second-order valence-electron chi connectivity index (χ2n) is 6.64. The Morgan fingerprint density at radius 1 is 1.33 bits per heavy atom. The van der Waals surface area contributed by atoms with Crippen LogP contribution in [-0.4, -0.2) is 30.6 Å². The predicted molar refractivity (Wildman–Crippen MR) is 89.8 cm³/mol. The molecule has 1 aliphatic heterocycles. The maximum absolute atomic E-state index is 6.40. The number of rotatable bonds is 7. The van der Waals surface area contributed by atoms with Crippen LogP contribution in [0.1, 0.15) is 50.6 Å². The van der Waals surface area contributed by atoms with Gasteiger partial charge in [-0.2, -0.15) is 0 Å². The average Bonchev–Trinajstić information content (AvgIpc) is 3.11. The SMILES string of the molecule is CCCNC(CCN1CC2CCC1C2)c1ccccc1Cl. The Bertz CT molecular complexity index is 462. The highest BCUT2D eigenvalue weighted by atomic mass is 35.5. The van der Waals surface area contributed by atoms with Crippen LogP contribution in [0.25, 0.3) is 0 Å². The van der Waals surface area contributed by atoms with Crippen molar-refractivity contribution in [2.24, 2.45) is 5.92 Å². The summed E-state index contributed by atoms with van der Waals surface area (Å²) in [5.74, 6) is 0.984. The maximum atomic E-state index is 6.40. The Morgan fingerprint density at radius 3 is 2.86 bits per heavy atom. The molecule has 21 heavy (non-hydrogen) atoms. The molecule has 1 saturated heterocycles. The second kappa shape index (κ2) is 7.13. The van der Waals surface area contributed by atoms with Crippen LogP contribution < -0.4 is 5.32 Å². The zero-order chi connectivity index (χ0) is 14.7. The summed E-state index contributed by atoms with van der Waals surface area (Å²) in [6.07, 6.45) is 6.65. The van der Waals surface area contributed by atoms with Gasteiger partial charge in [0.1, 0.15) is 0 Å². The smallest absolute Gasteiger partial charge is 0.0453 e. The number of hydrogen-bond donors (Lipinski definition) is 1. The number of nitrogens with one attached hydrogen (secondary N) is 1. The monoisotopic (exact) mass is 306 g/mol. The fraction of sp³-hybridized carbons (Fsp3) is 0.667. The lowest BCUT2D eigenvalue weighted by atomic mass is 10.0. The number of piperidine rings is 1. The number of fused-ring (bicyclic) bond motifs is 2. The van der Waals surface area contributed by atoms with Gasteiger partial charge in [-0.15, -0.1) is 0 Å². The first-order valence-corrected chi connectivity index (χ1v) is 8.87. The average molecular weight is 307 g/mol. The number of likely N-dealkylation sites (tertiary alicyclic amines) is 1. The molecule has 1 aromatic carbocycles. The second-order valence-corrected chi connectivity index (χ2v) is 7.05. The molecular formula is C18H27ClN2. The van der Waals surface area contributed by atoms with E-state index < -0.39 is 0 Å². The number of halogens is 1. The third kappa shape index (κ3) is 3.61. The van der Waals surface area contributed by atoms with Crippen molar-refractivity contribution in [2.45, 2.75) is 51.1 Å². The molecule has 116 valence electrons. The summed E-state index contributed by atoms with van der Waals surface area (Å²) in [4.78, 5) is 2.71. The Morgan fingerprint density at radius 2 is 2.19 bits per heavy atom. The molecule has 3 unspecified atom stereocenters. The Kier molecular flexibility index (Phi) is 5.20. The third-order valence-corrected chi connectivity index (χ3v) is 5.49. The van der Waals surface area contributed by atoms with E-state index in [-0.39, 0.29) is 0 Å². The molecule has 1 N–H and O–H groups in total. The molecule has 0 aromatic heterocycles. The summed E-state index contributed by atoms with van der Waals surface area (Å²) in [5.41, 5.74) is 1.26. The van der Waals surface area contributed by atoms with E-state index in [4.69, 9.17) is 11.6 Å². The third-order valence-electron chi connectivity index (χ3n) is 5.15. The maximum Gasteiger partial charge on any atom is 0.0453 e. The topological polar surface area (TPSA) is 15.3 Å². The minimum absolute atomic E-state index is 0.387. The lowest BCUT2D eigenvalue weighted by molar-refractivity contribution is 0.202. The van der Waals surface area contributed by atoms with Crippen molar-refractivity contribution >= 4 is 11.6 Å². The molecule has 1 saturated carbocycles. The van der Waals surface area contributed by atoms with Crippen molar-refractivity contribution in [1.82, 2.24) is 10.2 Å². The van der Waals surface area contributed by atoms with Gasteiger partial charge in [0.15, 0.2) is 0 Å². The van der Waals surface area contributed by atoms with E-state index >= 15 is 0 Å². The van der Waals surface area contributed by atoms with Gasteiger partial charge in [0.2, 0.25) is 0 Å². The van der Waals surface area contributed by atoms with Gasteiger partial charge in [-0.05, 0) is 56.2 Å². The molecule has 1 heterocycles. The summed E-state index contributed by atoms with van der Waals surface area (Å²) in [7, 11) is 0. The molecule has 2 fully saturated rings. The van der Waals surface area contributed by atoms with Gasteiger partial charge in [0.25, 0.3) is 0 Å². The summed E-state index contributed by atoms with van der Waals surface area (Å²) >= 11 is 6.40. The van der Waals surface area contributed by atoms with Crippen LogP contribution in [0.2, 0.25) is 5.02 Å². The van der Waals surface area contributed by atoms with Crippen LogP contribution in [0.5, 0.6) is 0 Å². The van der Waals surface area contributed by atoms with Crippen molar-refractivity contribution in [3.63, 3.8) is 0 Å². The number of hydrogen-bond acceptors (Lipinski definition) is 2. The van der Waals surface area contributed by atoms with Crippen molar-refractivity contribution in [3.8, 4) is 0 Å². The quantitative estimate of drug-likeness (QED) is 0.810.